The second-order valence-electron chi connectivity index (χ2n) is 11.3. The van der Waals surface area contributed by atoms with Crippen LogP contribution in [-0.2, 0) is 0 Å². The Labute approximate surface area is 231 Å². The molecule has 0 unspecified atom stereocenters. The number of hydrogen-bond acceptors (Lipinski definition) is 1. The number of carbonyl (C=O) groups is 1. The van der Waals surface area contributed by atoms with Crippen molar-refractivity contribution in [1.29, 1.82) is 0 Å². The van der Waals surface area contributed by atoms with Crippen molar-refractivity contribution in [1.82, 2.24) is 0 Å². The zero-order chi connectivity index (χ0) is 28.2. The molecule has 0 atom stereocenters. The van der Waals surface area contributed by atoms with E-state index in [-0.39, 0.29) is 10.8 Å². The first-order valence-corrected chi connectivity index (χ1v) is 13.3. The van der Waals surface area contributed by atoms with Crippen LogP contribution in [0.25, 0.3) is 0 Å². The van der Waals surface area contributed by atoms with Crippen LogP contribution in [0, 0.1) is 70.0 Å². The number of carbonyl (C=O) groups excluding carboxylic acids is 1. The highest BCUT2D eigenvalue weighted by Gasteiger charge is 2.10. The Morgan fingerprint density at radius 1 is 0.579 bits per heavy atom. The summed E-state index contributed by atoms with van der Waals surface area (Å²) < 4.78 is 0. The van der Waals surface area contributed by atoms with E-state index in [1.807, 2.05) is 45.0 Å². The Morgan fingerprint density at radius 3 is 1.47 bits per heavy atom. The van der Waals surface area contributed by atoms with E-state index in [1.54, 1.807) is 6.07 Å². The molecule has 1 heteroatoms. The molecule has 0 aromatic heterocycles. The van der Waals surface area contributed by atoms with Gasteiger partial charge in [-0.05, 0) is 84.7 Å². The maximum absolute atomic E-state index is 11.9. The minimum absolute atomic E-state index is 0.186. The van der Waals surface area contributed by atoms with E-state index in [2.05, 4.69) is 93.8 Å². The van der Waals surface area contributed by atoms with Crippen LogP contribution in [0.5, 0.6) is 0 Å². The molecule has 1 nitrogen and oxygen atoms in total. The molecule has 192 valence electrons. The van der Waals surface area contributed by atoms with E-state index in [0.717, 1.165) is 59.8 Å². The zero-order valence-corrected chi connectivity index (χ0v) is 24.2. The summed E-state index contributed by atoms with van der Waals surface area (Å²) in [4.78, 5) is 11.9. The summed E-state index contributed by atoms with van der Waals surface area (Å²) in [6, 6.07) is 9.71. The van der Waals surface area contributed by atoms with Crippen LogP contribution in [0.15, 0.2) is 30.3 Å². The van der Waals surface area contributed by atoms with Crippen LogP contribution in [0.1, 0.15) is 125 Å². The summed E-state index contributed by atoms with van der Waals surface area (Å²) in [6.07, 6.45) is 4.58. The molecule has 0 aliphatic carbocycles. The van der Waals surface area contributed by atoms with E-state index in [1.165, 1.54) is 0 Å². The fraction of sp³-hybridized carbons (Fsp3) is 0.378. The lowest BCUT2D eigenvalue weighted by molar-refractivity contribution is 0.112. The van der Waals surface area contributed by atoms with E-state index in [9.17, 15) is 4.79 Å². The first-order valence-electron chi connectivity index (χ1n) is 13.3. The quantitative estimate of drug-likeness (QED) is 0.309. The summed E-state index contributed by atoms with van der Waals surface area (Å²) in [5.41, 5.74) is 4.92. The molecule has 2 aromatic carbocycles. The second kappa shape index (κ2) is 14.0. The third-order valence-electron chi connectivity index (χ3n) is 4.95. The Hall–Kier alpha value is -4.09. The molecule has 2 aromatic rings. The Balaban J connectivity index is 2.73. The predicted molar refractivity (Wildman–Crippen MR) is 160 cm³/mol. The van der Waals surface area contributed by atoms with Crippen LogP contribution in [-0.4, -0.2) is 6.29 Å². The van der Waals surface area contributed by atoms with Crippen molar-refractivity contribution in [3.05, 3.63) is 69.3 Å². The van der Waals surface area contributed by atoms with Gasteiger partial charge >= 0.3 is 0 Å². The van der Waals surface area contributed by atoms with E-state index in [4.69, 9.17) is 0 Å². The number of unbranched alkanes of at least 4 members (excludes halogenated alkanes) is 2. The van der Waals surface area contributed by atoms with Crippen molar-refractivity contribution >= 4 is 6.29 Å². The molecule has 0 spiro atoms. The van der Waals surface area contributed by atoms with Crippen molar-refractivity contribution in [3.8, 4) is 59.2 Å². The van der Waals surface area contributed by atoms with Gasteiger partial charge in [0, 0.05) is 62.6 Å². The van der Waals surface area contributed by atoms with E-state index >= 15 is 0 Å². The summed E-state index contributed by atoms with van der Waals surface area (Å²) in [5, 5.41) is 0. The van der Waals surface area contributed by atoms with Gasteiger partial charge in [0.15, 0.2) is 6.29 Å². The van der Waals surface area contributed by atoms with Crippen molar-refractivity contribution < 1.29 is 4.79 Å². The molecule has 38 heavy (non-hydrogen) atoms. The van der Waals surface area contributed by atoms with Crippen molar-refractivity contribution in [3.63, 3.8) is 0 Å². The Morgan fingerprint density at radius 2 is 1.03 bits per heavy atom. The van der Waals surface area contributed by atoms with Gasteiger partial charge in [-0.1, -0.05) is 73.1 Å². The molecule has 0 saturated heterocycles. The standard InChI is InChI=1S/C37H38O/c1-9-11-13-15-29-23-30(16-14-12-10-2)25-31(24-29)17-18-32-26-34(20-22-37(6,7)8)35(28-38)27-33(32)19-21-36(3,4)5/h23-28H,9-12H2,1-8H3. The first kappa shape index (κ1) is 30.1. The fourth-order valence-corrected chi connectivity index (χ4v) is 3.10. The molecule has 0 radical (unpaired) electrons. The number of benzene rings is 2. The van der Waals surface area contributed by atoms with Crippen molar-refractivity contribution in [2.45, 2.75) is 81.1 Å². The summed E-state index contributed by atoms with van der Waals surface area (Å²) >= 11 is 0. The van der Waals surface area contributed by atoms with Gasteiger partial charge in [-0.15, -0.1) is 0 Å². The lowest BCUT2D eigenvalue weighted by Gasteiger charge is -2.09. The normalized spacial score (nSPS) is 10.1. The number of rotatable bonds is 3. The smallest absolute Gasteiger partial charge is 0.151 e. The van der Waals surface area contributed by atoms with Gasteiger partial charge in [0.05, 0.1) is 0 Å². The van der Waals surface area contributed by atoms with Crippen LogP contribution in [0.4, 0.5) is 0 Å². The van der Waals surface area contributed by atoms with Gasteiger partial charge < -0.3 is 0 Å². The average Bonchev–Trinajstić information content (AvgIpc) is 2.84. The van der Waals surface area contributed by atoms with Crippen molar-refractivity contribution in [2.24, 2.45) is 10.8 Å². The second-order valence-corrected chi connectivity index (χ2v) is 11.3. The monoisotopic (exact) mass is 498 g/mol. The number of hydrogen-bond donors (Lipinski definition) is 0. The molecule has 0 aliphatic rings. The highest BCUT2D eigenvalue weighted by Crippen LogP contribution is 2.19. The largest absolute Gasteiger partial charge is 0.298 e. The molecule has 0 N–H and O–H groups in total. The first-order chi connectivity index (χ1) is 17.9. The molecule has 0 fully saturated rings. The lowest BCUT2D eigenvalue weighted by Crippen LogP contribution is -2.01. The average molecular weight is 499 g/mol. The molecule has 2 rings (SSSR count). The molecule has 0 amide bonds. The molecular weight excluding hydrogens is 460 g/mol. The highest BCUT2D eigenvalue weighted by molar-refractivity contribution is 5.81. The Bertz CT molecular complexity index is 1430. The SMILES string of the molecule is CCCC#Cc1cc(C#CCCC)cc(C#Cc2cc(C#CC(C)(C)C)c(C=O)cc2C#CC(C)(C)C)c1. The molecule has 0 heterocycles. The molecule has 0 saturated carbocycles. The predicted octanol–water partition coefficient (Wildman–Crippen LogP) is 8.00. The summed E-state index contributed by atoms with van der Waals surface area (Å²) in [6.45, 7) is 16.5. The summed E-state index contributed by atoms with van der Waals surface area (Å²) in [7, 11) is 0. The molecular formula is C37H38O. The van der Waals surface area contributed by atoms with Gasteiger partial charge in [0.25, 0.3) is 0 Å². The van der Waals surface area contributed by atoms with E-state index in [0.29, 0.717) is 11.1 Å². The third-order valence-corrected chi connectivity index (χ3v) is 4.95. The zero-order valence-electron chi connectivity index (χ0n) is 24.2. The third kappa shape index (κ3) is 10.9. The van der Waals surface area contributed by atoms with Gasteiger partial charge in [-0.2, -0.15) is 0 Å². The van der Waals surface area contributed by atoms with Gasteiger partial charge in [-0.25, -0.2) is 0 Å². The Kier molecular flexibility index (Phi) is 11.1. The minimum atomic E-state index is -0.189. The van der Waals surface area contributed by atoms with Gasteiger partial charge in [-0.3, -0.25) is 4.79 Å². The topological polar surface area (TPSA) is 17.1 Å². The van der Waals surface area contributed by atoms with Crippen molar-refractivity contribution in [2.75, 3.05) is 0 Å². The highest BCUT2D eigenvalue weighted by atomic mass is 16.1. The molecule has 0 aliphatic heterocycles. The maximum Gasteiger partial charge on any atom is 0.151 e. The minimum Gasteiger partial charge on any atom is -0.298 e. The van der Waals surface area contributed by atoms with Crippen LogP contribution < -0.4 is 0 Å². The maximum atomic E-state index is 11.9. The summed E-state index contributed by atoms with van der Waals surface area (Å²) in [5.74, 6) is 32.5. The fourth-order valence-electron chi connectivity index (χ4n) is 3.10. The lowest BCUT2D eigenvalue weighted by atomic mass is 9.93. The van der Waals surface area contributed by atoms with Gasteiger partial charge in [0.2, 0.25) is 0 Å². The van der Waals surface area contributed by atoms with Crippen LogP contribution in [0.2, 0.25) is 0 Å². The number of aldehydes is 1. The van der Waals surface area contributed by atoms with Gasteiger partial charge in [0.1, 0.15) is 0 Å². The van der Waals surface area contributed by atoms with Crippen LogP contribution >= 0.6 is 0 Å². The molecule has 0 bridgehead atoms. The van der Waals surface area contributed by atoms with E-state index < -0.39 is 0 Å². The van der Waals surface area contributed by atoms with Crippen LogP contribution in [0.3, 0.4) is 0 Å².